The lowest BCUT2D eigenvalue weighted by atomic mass is 9.70. The molecule has 1 aromatic heterocycles. The van der Waals surface area contributed by atoms with Crippen molar-refractivity contribution in [3.63, 3.8) is 0 Å². The molecular formula is C33H42N6S. The van der Waals surface area contributed by atoms with Crippen molar-refractivity contribution < 1.29 is 0 Å². The number of likely N-dealkylation sites (tertiary alicyclic amines) is 1. The van der Waals surface area contributed by atoms with E-state index in [0.29, 0.717) is 23.4 Å². The van der Waals surface area contributed by atoms with Crippen LogP contribution in [0.3, 0.4) is 0 Å². The van der Waals surface area contributed by atoms with E-state index in [1.165, 1.54) is 49.7 Å². The van der Waals surface area contributed by atoms with Gasteiger partial charge in [-0.1, -0.05) is 68.1 Å². The molecule has 0 saturated carbocycles. The molecule has 6 nitrogen and oxygen atoms in total. The third kappa shape index (κ3) is 5.29. The molecule has 3 aliphatic rings. The number of aryl methyl sites for hydroxylation is 1. The monoisotopic (exact) mass is 554 g/mol. The highest BCUT2D eigenvalue weighted by molar-refractivity contribution is 8.14. The van der Waals surface area contributed by atoms with Gasteiger partial charge in [-0.2, -0.15) is 6.57 Å². The first-order valence-electron chi connectivity index (χ1n) is 15.1. The van der Waals surface area contributed by atoms with Crippen molar-refractivity contribution in [3.8, 4) is 0 Å². The molecule has 7 heteroatoms. The van der Waals surface area contributed by atoms with E-state index < -0.39 is 0 Å². The minimum Gasteiger partial charge on any atom is -0.345 e. The molecule has 40 heavy (non-hydrogen) atoms. The van der Waals surface area contributed by atoms with E-state index in [2.05, 4.69) is 99.8 Å². The number of hydrogen-bond donors (Lipinski definition) is 0. The van der Waals surface area contributed by atoms with Gasteiger partial charge >= 0.3 is 0 Å². The molecule has 3 fully saturated rings. The van der Waals surface area contributed by atoms with Gasteiger partial charge in [0.1, 0.15) is 10.9 Å². The third-order valence-electron chi connectivity index (χ3n) is 9.70. The number of thioether (sulfide) groups is 1. The molecule has 0 aliphatic carbocycles. The fourth-order valence-electron chi connectivity index (χ4n) is 7.81. The lowest BCUT2D eigenvalue weighted by Gasteiger charge is -2.46. The molecule has 3 aliphatic heterocycles. The minimum atomic E-state index is 0.177. The SMILES string of the molecule is [C-]#[N+]/N=C(\SC(C)C)N1CCC(CCN2[C@@H]3CC[C@H]2CC(n2c(C)nc4ccccc42)C3)(c2ccccc2)CC1. The van der Waals surface area contributed by atoms with Gasteiger partial charge < -0.3 is 9.47 Å². The van der Waals surface area contributed by atoms with E-state index in [1.54, 1.807) is 11.8 Å². The fraction of sp³-hybridized carbons (Fsp3) is 0.545. The zero-order chi connectivity index (χ0) is 27.7. The molecule has 0 radical (unpaired) electrons. The average Bonchev–Trinajstić information content (AvgIpc) is 3.42. The largest absolute Gasteiger partial charge is 0.345 e. The summed E-state index contributed by atoms with van der Waals surface area (Å²) >= 11 is 1.72. The summed E-state index contributed by atoms with van der Waals surface area (Å²) in [6.45, 7) is 17.0. The highest BCUT2D eigenvalue weighted by atomic mass is 32.2. The van der Waals surface area contributed by atoms with E-state index >= 15 is 0 Å². The standard InChI is InChI=1S/C33H42N6S/c1-24(2)40-32(36-34-4)37-19-16-33(17-20-37,26-10-6-5-7-11-26)18-21-38-27-14-15-28(38)23-29(22-27)39-25(3)35-30-12-8-9-13-31(30)39/h5-13,24,27-29H,14-23H2,1-3H3/b36-32-/t27-,28+,29?. The molecule has 2 bridgehead atoms. The molecule has 0 amide bonds. The Balaban J connectivity index is 1.17. The number of benzene rings is 2. The molecule has 1 unspecified atom stereocenters. The van der Waals surface area contributed by atoms with Gasteiger partial charge in [0.15, 0.2) is 0 Å². The number of para-hydroxylation sites is 2. The van der Waals surface area contributed by atoms with Crippen LogP contribution >= 0.6 is 11.8 Å². The molecule has 0 N–H and O–H groups in total. The maximum atomic E-state index is 7.33. The Labute approximate surface area is 243 Å². The van der Waals surface area contributed by atoms with Crippen molar-refractivity contribution in [2.24, 2.45) is 5.10 Å². The van der Waals surface area contributed by atoms with Crippen LogP contribution in [0, 0.1) is 13.5 Å². The smallest absolute Gasteiger partial charge is 0.246 e. The van der Waals surface area contributed by atoms with Gasteiger partial charge in [0.05, 0.1) is 11.0 Å². The first-order valence-corrected chi connectivity index (χ1v) is 16.0. The number of amidine groups is 1. The average molecular weight is 555 g/mol. The first kappa shape index (κ1) is 27.4. The van der Waals surface area contributed by atoms with E-state index in [0.717, 1.165) is 42.4 Å². The number of piperidine rings is 2. The Morgan fingerprint density at radius 3 is 2.38 bits per heavy atom. The predicted molar refractivity (Wildman–Crippen MR) is 167 cm³/mol. The van der Waals surface area contributed by atoms with Gasteiger partial charge in [0, 0.05) is 36.5 Å². The lowest BCUT2D eigenvalue weighted by molar-refractivity contribution is 0.0890. The highest BCUT2D eigenvalue weighted by Crippen LogP contribution is 2.45. The maximum Gasteiger partial charge on any atom is 0.246 e. The molecule has 3 atom stereocenters. The van der Waals surface area contributed by atoms with E-state index in [4.69, 9.17) is 11.6 Å². The number of hydrogen-bond acceptors (Lipinski definition) is 4. The van der Waals surface area contributed by atoms with Crippen molar-refractivity contribution in [2.75, 3.05) is 19.6 Å². The van der Waals surface area contributed by atoms with Gasteiger partial charge in [-0.3, -0.25) is 4.90 Å². The van der Waals surface area contributed by atoms with Gasteiger partial charge in [-0.15, -0.1) is 4.95 Å². The summed E-state index contributed by atoms with van der Waals surface area (Å²) in [5, 5.41) is 5.51. The fourth-order valence-corrected chi connectivity index (χ4v) is 8.65. The van der Waals surface area contributed by atoms with Gasteiger partial charge in [0.2, 0.25) is 5.17 Å². The molecule has 2 aromatic carbocycles. The zero-order valence-corrected chi connectivity index (χ0v) is 25.0. The molecule has 0 spiro atoms. The Hall–Kier alpha value is -2.82. The van der Waals surface area contributed by atoms with E-state index in [9.17, 15) is 0 Å². The zero-order valence-electron chi connectivity index (χ0n) is 24.2. The normalized spacial score (nSPS) is 25.0. The van der Waals surface area contributed by atoms with Crippen LogP contribution in [0.4, 0.5) is 0 Å². The number of fused-ring (bicyclic) bond motifs is 3. The number of aromatic nitrogens is 2. The Bertz CT molecular complexity index is 1370. The van der Waals surface area contributed by atoms with Crippen LogP contribution in [0.1, 0.15) is 76.2 Å². The minimum absolute atomic E-state index is 0.177. The van der Waals surface area contributed by atoms with Crippen LogP contribution in [0.15, 0.2) is 59.7 Å². The Morgan fingerprint density at radius 2 is 1.70 bits per heavy atom. The summed E-state index contributed by atoms with van der Waals surface area (Å²) < 4.78 is 2.54. The van der Waals surface area contributed by atoms with Crippen LogP contribution in [0.5, 0.6) is 0 Å². The maximum absolute atomic E-state index is 7.33. The van der Waals surface area contributed by atoms with Crippen molar-refractivity contribution >= 4 is 28.0 Å². The molecule has 3 aromatic rings. The summed E-state index contributed by atoms with van der Waals surface area (Å²) in [6, 6.07) is 21.8. The van der Waals surface area contributed by atoms with Crippen LogP contribution in [-0.4, -0.2) is 61.5 Å². The van der Waals surface area contributed by atoms with E-state index in [1.807, 2.05) is 0 Å². The summed E-state index contributed by atoms with van der Waals surface area (Å²) in [6.07, 6.45) is 8.52. The lowest BCUT2D eigenvalue weighted by Crippen LogP contribution is -2.48. The summed E-state index contributed by atoms with van der Waals surface area (Å²) in [5.74, 6) is 1.16. The van der Waals surface area contributed by atoms with Crippen molar-refractivity contribution in [1.29, 1.82) is 0 Å². The summed E-state index contributed by atoms with van der Waals surface area (Å²) in [7, 11) is 0. The molecule has 210 valence electrons. The van der Waals surface area contributed by atoms with Crippen molar-refractivity contribution in [3.05, 3.63) is 77.5 Å². The summed E-state index contributed by atoms with van der Waals surface area (Å²) in [5.41, 5.74) is 4.08. The van der Waals surface area contributed by atoms with Crippen LogP contribution in [0.25, 0.3) is 16.0 Å². The van der Waals surface area contributed by atoms with Crippen LogP contribution in [0.2, 0.25) is 0 Å². The van der Waals surface area contributed by atoms with Crippen molar-refractivity contribution in [1.82, 2.24) is 19.4 Å². The topological polar surface area (TPSA) is 41.0 Å². The number of nitrogens with zero attached hydrogens (tertiary/aromatic N) is 6. The van der Waals surface area contributed by atoms with Gasteiger partial charge in [0.25, 0.3) is 0 Å². The Morgan fingerprint density at radius 1 is 1.02 bits per heavy atom. The second kappa shape index (κ2) is 11.6. The Kier molecular flexibility index (Phi) is 7.92. The third-order valence-corrected chi connectivity index (χ3v) is 10.7. The molecule has 6 rings (SSSR count). The van der Waals surface area contributed by atoms with Crippen LogP contribution in [-0.2, 0) is 5.41 Å². The summed E-state index contributed by atoms with van der Waals surface area (Å²) in [4.78, 5) is 13.5. The van der Waals surface area contributed by atoms with E-state index in [-0.39, 0.29) is 5.41 Å². The molecular weight excluding hydrogens is 512 g/mol. The highest BCUT2D eigenvalue weighted by Gasteiger charge is 2.44. The second-order valence-corrected chi connectivity index (χ2v) is 13.8. The first-order chi connectivity index (χ1) is 19.5. The number of rotatable bonds is 6. The number of imidazole rings is 1. The van der Waals surface area contributed by atoms with Gasteiger partial charge in [-0.25, -0.2) is 4.98 Å². The van der Waals surface area contributed by atoms with Crippen LogP contribution < -0.4 is 0 Å². The quantitative estimate of drug-likeness (QED) is 0.139. The van der Waals surface area contributed by atoms with Gasteiger partial charge in [-0.05, 0) is 81.5 Å². The molecule has 4 heterocycles. The predicted octanol–water partition coefficient (Wildman–Crippen LogP) is 7.27. The second-order valence-electron chi connectivity index (χ2n) is 12.3. The molecule has 3 saturated heterocycles. The van der Waals surface area contributed by atoms with Crippen molar-refractivity contribution in [2.45, 2.75) is 94.5 Å².